The zero-order chi connectivity index (χ0) is 13.6. The summed E-state index contributed by atoms with van der Waals surface area (Å²) in [5, 5.41) is 3.27. The van der Waals surface area contributed by atoms with Crippen molar-refractivity contribution in [3.8, 4) is 0 Å². The molecule has 0 aliphatic carbocycles. The molecular formula is C13H22N2O2S. The molecule has 4 nitrogen and oxygen atoms in total. The minimum Gasteiger partial charge on any atom is -0.315 e. The SMILES string of the molecule is CC(C)(CNCCc1ccccc1)NS(C)(=O)=O. The second kappa shape index (κ2) is 6.31. The van der Waals surface area contributed by atoms with Gasteiger partial charge in [0.25, 0.3) is 0 Å². The van der Waals surface area contributed by atoms with Gasteiger partial charge in [0.2, 0.25) is 10.0 Å². The van der Waals surface area contributed by atoms with Crippen molar-refractivity contribution in [1.82, 2.24) is 10.0 Å². The number of hydrogen-bond acceptors (Lipinski definition) is 3. The predicted molar refractivity (Wildman–Crippen MR) is 75.1 cm³/mol. The Hall–Kier alpha value is -0.910. The summed E-state index contributed by atoms with van der Waals surface area (Å²) < 4.78 is 24.9. The average Bonchev–Trinajstić information content (AvgIpc) is 2.23. The minimum absolute atomic E-state index is 0.468. The van der Waals surface area contributed by atoms with Crippen LogP contribution in [-0.2, 0) is 16.4 Å². The Balaban J connectivity index is 2.29. The van der Waals surface area contributed by atoms with Gasteiger partial charge in [-0.3, -0.25) is 0 Å². The van der Waals surface area contributed by atoms with E-state index in [1.807, 2.05) is 32.0 Å². The standard InChI is InChI=1S/C13H22N2O2S/c1-13(2,15-18(3,16)17)11-14-10-9-12-7-5-4-6-8-12/h4-8,14-15H,9-11H2,1-3H3. The van der Waals surface area contributed by atoms with Gasteiger partial charge in [-0.1, -0.05) is 30.3 Å². The van der Waals surface area contributed by atoms with E-state index in [4.69, 9.17) is 0 Å². The van der Waals surface area contributed by atoms with Crippen molar-refractivity contribution in [1.29, 1.82) is 0 Å². The van der Waals surface area contributed by atoms with Crippen LogP contribution in [0.25, 0.3) is 0 Å². The van der Waals surface area contributed by atoms with Crippen LogP contribution in [0.1, 0.15) is 19.4 Å². The summed E-state index contributed by atoms with van der Waals surface area (Å²) in [5.41, 5.74) is 0.809. The molecule has 5 heteroatoms. The van der Waals surface area contributed by atoms with E-state index >= 15 is 0 Å². The number of hydrogen-bond donors (Lipinski definition) is 2. The van der Waals surface area contributed by atoms with Crippen LogP contribution in [0, 0.1) is 0 Å². The molecule has 0 fully saturated rings. The van der Waals surface area contributed by atoms with Crippen LogP contribution < -0.4 is 10.0 Å². The third-order valence-corrected chi connectivity index (χ3v) is 3.39. The van der Waals surface area contributed by atoms with E-state index < -0.39 is 15.6 Å². The van der Waals surface area contributed by atoms with E-state index in [0.717, 1.165) is 13.0 Å². The summed E-state index contributed by atoms with van der Waals surface area (Å²) in [6.45, 7) is 5.17. The zero-order valence-electron chi connectivity index (χ0n) is 11.2. The lowest BCUT2D eigenvalue weighted by Crippen LogP contribution is -2.50. The zero-order valence-corrected chi connectivity index (χ0v) is 12.0. The van der Waals surface area contributed by atoms with Crippen molar-refractivity contribution in [2.45, 2.75) is 25.8 Å². The van der Waals surface area contributed by atoms with Crippen LogP contribution in [0.15, 0.2) is 30.3 Å². The molecule has 0 aliphatic heterocycles. The molecule has 0 unspecified atom stereocenters. The molecule has 18 heavy (non-hydrogen) atoms. The molecule has 1 aromatic rings. The van der Waals surface area contributed by atoms with E-state index in [-0.39, 0.29) is 0 Å². The second-order valence-corrected chi connectivity index (χ2v) is 6.92. The highest BCUT2D eigenvalue weighted by atomic mass is 32.2. The molecular weight excluding hydrogens is 248 g/mol. The van der Waals surface area contributed by atoms with Gasteiger partial charge < -0.3 is 5.32 Å². The highest BCUT2D eigenvalue weighted by Crippen LogP contribution is 2.02. The van der Waals surface area contributed by atoms with Crippen LogP contribution in [0.3, 0.4) is 0 Å². The molecule has 0 radical (unpaired) electrons. The average molecular weight is 270 g/mol. The molecule has 1 aromatic carbocycles. The minimum atomic E-state index is -3.16. The maximum Gasteiger partial charge on any atom is 0.209 e. The fourth-order valence-electron chi connectivity index (χ4n) is 1.82. The summed E-state index contributed by atoms with van der Waals surface area (Å²) in [7, 11) is -3.16. The summed E-state index contributed by atoms with van der Waals surface area (Å²) >= 11 is 0. The van der Waals surface area contributed by atoms with Crippen molar-refractivity contribution in [2.75, 3.05) is 19.3 Å². The van der Waals surface area contributed by atoms with Crippen molar-refractivity contribution in [3.05, 3.63) is 35.9 Å². The Kier molecular flexibility index (Phi) is 5.31. The van der Waals surface area contributed by atoms with Crippen LogP contribution in [0.2, 0.25) is 0 Å². The smallest absolute Gasteiger partial charge is 0.209 e. The summed E-state index contributed by atoms with van der Waals surface area (Å²) in [5.74, 6) is 0. The quantitative estimate of drug-likeness (QED) is 0.731. The highest BCUT2D eigenvalue weighted by Gasteiger charge is 2.21. The van der Waals surface area contributed by atoms with Gasteiger partial charge in [-0.15, -0.1) is 0 Å². The van der Waals surface area contributed by atoms with Gasteiger partial charge in [-0.05, 0) is 32.4 Å². The lowest BCUT2D eigenvalue weighted by molar-refractivity contribution is 0.423. The van der Waals surface area contributed by atoms with Crippen LogP contribution in [-0.4, -0.2) is 33.3 Å². The van der Waals surface area contributed by atoms with Crippen molar-refractivity contribution in [3.63, 3.8) is 0 Å². The van der Waals surface area contributed by atoms with Crippen LogP contribution in [0.5, 0.6) is 0 Å². The molecule has 0 aromatic heterocycles. The predicted octanol–water partition coefficient (Wildman–Crippen LogP) is 1.15. The summed E-state index contributed by atoms with van der Waals surface area (Å²) in [6, 6.07) is 10.2. The maximum atomic E-state index is 11.2. The summed E-state index contributed by atoms with van der Waals surface area (Å²) in [6.07, 6.45) is 2.12. The molecule has 102 valence electrons. The Bertz CT molecular complexity index is 455. The van der Waals surface area contributed by atoms with E-state index in [0.29, 0.717) is 6.54 Å². The molecule has 0 bridgehead atoms. The first-order valence-corrected chi connectivity index (χ1v) is 7.91. The maximum absolute atomic E-state index is 11.2. The van der Waals surface area contributed by atoms with Gasteiger partial charge >= 0.3 is 0 Å². The lowest BCUT2D eigenvalue weighted by atomic mass is 10.1. The number of sulfonamides is 1. The Labute approximate surface area is 110 Å². The Morgan fingerprint density at radius 3 is 2.33 bits per heavy atom. The number of nitrogens with one attached hydrogen (secondary N) is 2. The van der Waals surface area contributed by atoms with Gasteiger partial charge in [0.05, 0.1) is 6.26 Å². The van der Waals surface area contributed by atoms with Crippen LogP contribution in [0.4, 0.5) is 0 Å². The van der Waals surface area contributed by atoms with Gasteiger partial charge in [0.15, 0.2) is 0 Å². The van der Waals surface area contributed by atoms with Gasteiger partial charge in [0, 0.05) is 12.1 Å². The second-order valence-electron chi connectivity index (χ2n) is 5.17. The fourth-order valence-corrected chi connectivity index (χ4v) is 2.89. The molecule has 0 heterocycles. The van der Waals surface area contributed by atoms with E-state index in [1.165, 1.54) is 11.8 Å². The fraction of sp³-hybridized carbons (Fsp3) is 0.538. The van der Waals surface area contributed by atoms with E-state index in [9.17, 15) is 8.42 Å². The van der Waals surface area contributed by atoms with Crippen molar-refractivity contribution in [2.24, 2.45) is 0 Å². The number of rotatable bonds is 7. The van der Waals surface area contributed by atoms with Gasteiger partial charge in [-0.2, -0.15) is 0 Å². The normalized spacial score (nSPS) is 12.6. The van der Waals surface area contributed by atoms with Crippen molar-refractivity contribution >= 4 is 10.0 Å². The molecule has 1 rings (SSSR count). The van der Waals surface area contributed by atoms with Crippen LogP contribution >= 0.6 is 0 Å². The first-order chi connectivity index (χ1) is 8.29. The first-order valence-electron chi connectivity index (χ1n) is 6.02. The molecule has 2 N–H and O–H groups in total. The molecule has 0 saturated carbocycles. The first kappa shape index (κ1) is 15.1. The molecule has 0 amide bonds. The molecule has 0 spiro atoms. The summed E-state index contributed by atoms with van der Waals surface area (Å²) in [4.78, 5) is 0. The van der Waals surface area contributed by atoms with Gasteiger partial charge in [0.1, 0.15) is 0 Å². The molecule has 0 atom stereocenters. The topological polar surface area (TPSA) is 58.2 Å². The third-order valence-electron chi connectivity index (χ3n) is 2.46. The monoisotopic (exact) mass is 270 g/mol. The number of benzene rings is 1. The Morgan fingerprint density at radius 2 is 1.78 bits per heavy atom. The highest BCUT2D eigenvalue weighted by molar-refractivity contribution is 7.88. The van der Waals surface area contributed by atoms with Gasteiger partial charge in [-0.25, -0.2) is 13.1 Å². The molecule has 0 aliphatic rings. The van der Waals surface area contributed by atoms with Crippen molar-refractivity contribution < 1.29 is 8.42 Å². The van der Waals surface area contributed by atoms with E-state index in [2.05, 4.69) is 22.2 Å². The van der Waals surface area contributed by atoms with E-state index in [1.54, 1.807) is 0 Å². The Morgan fingerprint density at radius 1 is 1.17 bits per heavy atom. The third kappa shape index (κ3) is 6.74. The lowest BCUT2D eigenvalue weighted by Gasteiger charge is -2.25. The molecule has 0 saturated heterocycles. The largest absolute Gasteiger partial charge is 0.315 e.